The van der Waals surface area contributed by atoms with E-state index >= 15 is 0 Å². The Kier molecular flexibility index (Phi) is 25.4. The smallest absolute Gasteiger partial charge is 0.0644 e. The fraction of sp³-hybridized carbons (Fsp3) is 0.833. The van der Waals surface area contributed by atoms with Crippen molar-refractivity contribution < 1.29 is 9.47 Å². The topological polar surface area (TPSA) is 18.5 Å². The van der Waals surface area contributed by atoms with E-state index in [1.807, 2.05) is 0 Å². The van der Waals surface area contributed by atoms with Crippen molar-refractivity contribution in [3.05, 3.63) is 12.7 Å². The van der Waals surface area contributed by atoms with Crippen LogP contribution in [0.5, 0.6) is 0 Å². The van der Waals surface area contributed by atoms with Gasteiger partial charge in [-0.1, -0.05) is 34.3 Å². The van der Waals surface area contributed by atoms with Gasteiger partial charge in [0.2, 0.25) is 0 Å². The van der Waals surface area contributed by atoms with Crippen LogP contribution in [0.4, 0.5) is 0 Å². The Morgan fingerprint density at radius 3 is 2.14 bits per heavy atom. The average Bonchev–Trinajstić information content (AvgIpc) is 2.10. The number of hydrogen-bond donors (Lipinski definition) is 0. The van der Waals surface area contributed by atoms with E-state index in [1.165, 1.54) is 6.42 Å². The largest absolute Gasteiger partial charge is 0.381 e. The van der Waals surface area contributed by atoms with Crippen LogP contribution < -0.4 is 0 Å². The van der Waals surface area contributed by atoms with Crippen LogP contribution in [0.3, 0.4) is 0 Å². The average molecular weight is 204 g/mol. The fourth-order valence-electron chi connectivity index (χ4n) is 0.778. The van der Waals surface area contributed by atoms with Gasteiger partial charge in [0.1, 0.15) is 0 Å². The zero-order chi connectivity index (χ0) is 9.07. The predicted molar refractivity (Wildman–Crippen MR) is 64.8 cm³/mol. The van der Waals surface area contributed by atoms with Gasteiger partial charge < -0.3 is 9.47 Å². The zero-order valence-electron chi connectivity index (χ0n) is 8.05. The van der Waals surface area contributed by atoms with Crippen molar-refractivity contribution in [1.29, 1.82) is 0 Å². The third-order valence-electron chi connectivity index (χ3n) is 1.46. The highest BCUT2D eigenvalue weighted by Crippen LogP contribution is 1.90. The van der Waals surface area contributed by atoms with E-state index in [9.17, 15) is 0 Å². The van der Waals surface area contributed by atoms with Crippen molar-refractivity contribution in [1.82, 2.24) is 0 Å². The van der Waals surface area contributed by atoms with Gasteiger partial charge in [-0.15, -0.1) is 6.58 Å². The number of ether oxygens (including phenoxy) is 2. The lowest BCUT2D eigenvalue weighted by atomic mass is 10.4. The van der Waals surface area contributed by atoms with Crippen LogP contribution in [0.1, 0.15) is 41.0 Å². The molecule has 0 bridgehead atoms. The Bertz CT molecular complexity index is 92.3. The normalized spacial score (nSPS) is 8.64. The highest BCUT2D eigenvalue weighted by atomic mass is 16.5. The van der Waals surface area contributed by atoms with Gasteiger partial charge in [0, 0.05) is 19.8 Å². The van der Waals surface area contributed by atoms with Crippen molar-refractivity contribution in [2.45, 2.75) is 41.0 Å². The summed E-state index contributed by atoms with van der Waals surface area (Å²) in [4.78, 5) is 0. The molecule has 0 aromatic rings. The molecule has 0 spiro atoms. The minimum atomic E-state index is 0. The summed E-state index contributed by atoms with van der Waals surface area (Å²) < 4.78 is 10.5. The highest BCUT2D eigenvalue weighted by Gasteiger charge is 1.88. The van der Waals surface area contributed by atoms with Crippen molar-refractivity contribution in [3.63, 3.8) is 0 Å². The zero-order valence-corrected chi connectivity index (χ0v) is 8.05. The second-order valence-corrected chi connectivity index (χ2v) is 2.68. The van der Waals surface area contributed by atoms with Crippen LogP contribution in [0.15, 0.2) is 12.7 Å². The molecule has 0 saturated carbocycles. The summed E-state index contributed by atoms with van der Waals surface area (Å²) in [6.45, 7) is 8.85. The molecule has 0 aliphatic rings. The molecule has 0 fully saturated rings. The summed E-state index contributed by atoms with van der Waals surface area (Å²) in [5.41, 5.74) is 0. The van der Waals surface area contributed by atoms with Gasteiger partial charge in [-0.3, -0.25) is 0 Å². The molecule has 0 N–H and O–H groups in total. The summed E-state index contributed by atoms with van der Waals surface area (Å²) in [5, 5.41) is 0. The Hall–Kier alpha value is -0.340. The van der Waals surface area contributed by atoms with Crippen molar-refractivity contribution in [2.75, 3.05) is 26.4 Å². The van der Waals surface area contributed by atoms with E-state index in [-0.39, 0.29) is 14.9 Å². The first-order valence-electron chi connectivity index (χ1n) is 4.68. The first-order valence-corrected chi connectivity index (χ1v) is 4.68. The molecule has 0 aromatic carbocycles. The molecule has 0 aliphatic heterocycles. The molecule has 0 saturated heterocycles. The molecule has 0 heterocycles. The molecule has 2 nitrogen and oxygen atoms in total. The second-order valence-electron chi connectivity index (χ2n) is 2.68. The second kappa shape index (κ2) is 18.4. The van der Waals surface area contributed by atoms with Crippen LogP contribution in [0, 0.1) is 0 Å². The molecule has 14 heavy (non-hydrogen) atoms. The van der Waals surface area contributed by atoms with Crippen LogP contribution >= 0.6 is 0 Å². The van der Waals surface area contributed by atoms with Crippen molar-refractivity contribution in [3.8, 4) is 0 Å². The first kappa shape index (κ1) is 19.3. The van der Waals surface area contributed by atoms with E-state index < -0.39 is 0 Å². The lowest BCUT2D eigenvalue weighted by molar-refractivity contribution is 0.0917. The fourth-order valence-corrected chi connectivity index (χ4v) is 0.778. The molecule has 2 heteroatoms. The molecule has 0 amide bonds. The summed E-state index contributed by atoms with van der Waals surface area (Å²) in [6, 6.07) is 0. The third-order valence-corrected chi connectivity index (χ3v) is 1.46. The lowest BCUT2D eigenvalue weighted by Gasteiger charge is -2.02. The number of hydrogen-bond acceptors (Lipinski definition) is 2. The minimum absolute atomic E-state index is 0. The summed E-state index contributed by atoms with van der Waals surface area (Å²) >= 11 is 0. The molecule has 0 rings (SSSR count). The maximum atomic E-state index is 5.35. The molecule has 0 atom stereocenters. The minimum Gasteiger partial charge on any atom is -0.381 e. The van der Waals surface area contributed by atoms with Crippen LogP contribution in [-0.4, -0.2) is 26.4 Å². The SMILES string of the molecule is C.C.C=CCOCCCOCCCC. The van der Waals surface area contributed by atoms with E-state index in [1.54, 1.807) is 6.08 Å². The Balaban J connectivity index is -0.000000605. The molecule has 0 aromatic heterocycles. The van der Waals surface area contributed by atoms with Gasteiger partial charge in [0.15, 0.2) is 0 Å². The maximum Gasteiger partial charge on any atom is 0.0644 e. The molecule has 0 radical (unpaired) electrons. The quantitative estimate of drug-likeness (QED) is 0.421. The van der Waals surface area contributed by atoms with Crippen LogP contribution in [0.25, 0.3) is 0 Å². The molecule has 0 unspecified atom stereocenters. The van der Waals surface area contributed by atoms with Crippen LogP contribution in [0.2, 0.25) is 0 Å². The van der Waals surface area contributed by atoms with E-state index in [2.05, 4.69) is 13.5 Å². The van der Waals surface area contributed by atoms with Gasteiger partial charge in [-0.2, -0.15) is 0 Å². The monoisotopic (exact) mass is 204 g/mol. The van der Waals surface area contributed by atoms with Gasteiger partial charge in [0.25, 0.3) is 0 Å². The number of unbranched alkanes of at least 4 members (excludes halogenated alkanes) is 1. The molecular weight excluding hydrogens is 176 g/mol. The molecule has 88 valence electrons. The van der Waals surface area contributed by atoms with Gasteiger partial charge >= 0.3 is 0 Å². The Morgan fingerprint density at radius 2 is 1.57 bits per heavy atom. The van der Waals surface area contributed by atoms with E-state index in [0.29, 0.717) is 6.61 Å². The van der Waals surface area contributed by atoms with Gasteiger partial charge in [-0.05, 0) is 12.8 Å². The Labute approximate surface area is 90.3 Å². The van der Waals surface area contributed by atoms with E-state index in [0.717, 1.165) is 32.7 Å². The van der Waals surface area contributed by atoms with Crippen LogP contribution in [-0.2, 0) is 9.47 Å². The summed E-state index contributed by atoms with van der Waals surface area (Å²) in [7, 11) is 0. The highest BCUT2D eigenvalue weighted by molar-refractivity contribution is 4.63. The first-order chi connectivity index (χ1) is 5.91. The lowest BCUT2D eigenvalue weighted by Crippen LogP contribution is -2.01. The summed E-state index contributed by atoms with van der Waals surface area (Å²) in [6.07, 6.45) is 5.11. The number of rotatable bonds is 9. The maximum absolute atomic E-state index is 5.35. The standard InChI is InChI=1S/C10H20O2.2CH4/c1-3-5-8-12-10-6-9-11-7-4-2;;/h4H,2-3,5-10H2,1H3;2*1H4. The van der Waals surface area contributed by atoms with Gasteiger partial charge in [0.05, 0.1) is 6.61 Å². The van der Waals surface area contributed by atoms with Crippen molar-refractivity contribution >= 4 is 0 Å². The third kappa shape index (κ3) is 17.7. The van der Waals surface area contributed by atoms with Gasteiger partial charge in [-0.25, -0.2) is 0 Å². The summed E-state index contributed by atoms with van der Waals surface area (Å²) in [5.74, 6) is 0. The Morgan fingerprint density at radius 1 is 1.00 bits per heavy atom. The molecular formula is C12H28O2. The van der Waals surface area contributed by atoms with Crippen molar-refractivity contribution in [2.24, 2.45) is 0 Å². The molecule has 0 aliphatic carbocycles. The van der Waals surface area contributed by atoms with E-state index in [4.69, 9.17) is 9.47 Å². The predicted octanol–water partition coefficient (Wildman–Crippen LogP) is 3.67.